The van der Waals surface area contributed by atoms with Crippen molar-refractivity contribution >= 4 is 5.57 Å². The molecule has 4 nitrogen and oxygen atoms in total. The molecule has 0 aromatic heterocycles. The van der Waals surface area contributed by atoms with Gasteiger partial charge in [0.05, 0.1) is 14.2 Å². The largest absolute Gasteiger partial charge is 0.497 e. The number of hydrogen-bond donors (Lipinski definition) is 2. The van der Waals surface area contributed by atoms with E-state index in [0.717, 1.165) is 11.1 Å². The van der Waals surface area contributed by atoms with Crippen LogP contribution in [-0.4, -0.2) is 30.2 Å². The highest BCUT2D eigenvalue weighted by Crippen LogP contribution is 2.46. The molecule has 2 rings (SSSR count). The molecule has 1 unspecified atom stereocenters. The lowest BCUT2D eigenvalue weighted by Gasteiger charge is -2.42. The maximum absolute atomic E-state index is 11.1. The highest BCUT2D eigenvalue weighted by molar-refractivity contribution is 5.76. The van der Waals surface area contributed by atoms with Crippen molar-refractivity contribution < 1.29 is 19.7 Å². The molecule has 1 aromatic carbocycles. The van der Waals surface area contributed by atoms with E-state index < -0.39 is 11.7 Å². The predicted molar refractivity (Wildman–Crippen MR) is 105 cm³/mol. The van der Waals surface area contributed by atoms with Crippen molar-refractivity contribution in [2.45, 2.75) is 52.7 Å². The molecule has 0 spiro atoms. The third-order valence-electron chi connectivity index (χ3n) is 4.94. The van der Waals surface area contributed by atoms with E-state index >= 15 is 0 Å². The van der Waals surface area contributed by atoms with Crippen LogP contribution in [0.5, 0.6) is 5.75 Å². The second-order valence-electron chi connectivity index (χ2n) is 9.10. The van der Waals surface area contributed by atoms with Crippen LogP contribution in [0.3, 0.4) is 0 Å². The van der Waals surface area contributed by atoms with Crippen molar-refractivity contribution in [2.75, 3.05) is 14.2 Å². The second kappa shape index (κ2) is 6.75. The van der Waals surface area contributed by atoms with Crippen LogP contribution in [0.1, 0.15) is 52.7 Å². The first-order valence-corrected chi connectivity index (χ1v) is 8.93. The summed E-state index contributed by atoms with van der Waals surface area (Å²) in [6.07, 6.45) is 3.48. The SMILES string of the molecule is COC1=CC(C(C)(C)C)C(O)(O)C(c2cc(OC)cc(C(C)(C)C)c2)=C1. The number of ether oxygens (including phenoxy) is 2. The molecule has 0 radical (unpaired) electrons. The van der Waals surface area contributed by atoms with Gasteiger partial charge in [0.1, 0.15) is 11.5 Å². The summed E-state index contributed by atoms with van der Waals surface area (Å²) in [4.78, 5) is 0. The van der Waals surface area contributed by atoms with Crippen LogP contribution in [0.2, 0.25) is 0 Å². The predicted octanol–water partition coefficient (Wildman–Crippen LogP) is 4.26. The summed E-state index contributed by atoms with van der Waals surface area (Å²) in [7, 11) is 3.21. The van der Waals surface area contributed by atoms with Crippen LogP contribution in [0, 0.1) is 11.3 Å². The summed E-state index contributed by atoms with van der Waals surface area (Å²) in [6.45, 7) is 12.3. The highest BCUT2D eigenvalue weighted by Gasteiger charge is 2.46. The molecule has 0 aliphatic heterocycles. The highest BCUT2D eigenvalue weighted by atomic mass is 16.5. The molecule has 0 heterocycles. The topological polar surface area (TPSA) is 58.9 Å². The van der Waals surface area contributed by atoms with Crippen molar-refractivity contribution in [3.63, 3.8) is 0 Å². The summed E-state index contributed by atoms with van der Waals surface area (Å²) in [6, 6.07) is 5.81. The summed E-state index contributed by atoms with van der Waals surface area (Å²) in [5.74, 6) is -1.22. The van der Waals surface area contributed by atoms with Gasteiger partial charge in [0.25, 0.3) is 0 Å². The van der Waals surface area contributed by atoms with E-state index in [1.165, 1.54) is 0 Å². The Labute approximate surface area is 157 Å². The minimum absolute atomic E-state index is 0.102. The van der Waals surface area contributed by atoms with E-state index in [4.69, 9.17) is 9.47 Å². The summed E-state index contributed by atoms with van der Waals surface area (Å²) >= 11 is 0. The van der Waals surface area contributed by atoms with Crippen LogP contribution in [-0.2, 0) is 10.2 Å². The van der Waals surface area contributed by atoms with Crippen molar-refractivity contribution in [3.05, 3.63) is 47.2 Å². The van der Waals surface area contributed by atoms with Gasteiger partial charge >= 0.3 is 0 Å². The van der Waals surface area contributed by atoms with Gasteiger partial charge in [0.15, 0.2) is 5.79 Å². The lowest BCUT2D eigenvalue weighted by Crippen LogP contribution is -2.46. The molecule has 1 aliphatic carbocycles. The molecule has 2 N–H and O–H groups in total. The average Bonchev–Trinajstić information content (AvgIpc) is 2.51. The standard InChI is InChI=1S/C22H32O4/c1-20(2,3)15-9-14(10-16(11-15)25-7)18-12-17(26-8)13-19(21(4,5)6)22(18,23)24/h9-13,19,23-24H,1-8H3. The normalized spacial score (nSPS) is 20.3. The van der Waals surface area contributed by atoms with Gasteiger partial charge in [-0.15, -0.1) is 0 Å². The van der Waals surface area contributed by atoms with Crippen LogP contribution in [0.4, 0.5) is 0 Å². The summed E-state index contributed by atoms with van der Waals surface area (Å²) in [5, 5.41) is 22.2. The van der Waals surface area contributed by atoms with Gasteiger partial charge in [-0.05, 0) is 46.2 Å². The molecule has 1 aromatic rings. The Morgan fingerprint density at radius 2 is 1.54 bits per heavy atom. The first-order chi connectivity index (χ1) is 11.8. The molecule has 0 amide bonds. The first kappa shape index (κ1) is 20.5. The smallest absolute Gasteiger partial charge is 0.197 e. The molecule has 0 bridgehead atoms. The number of rotatable bonds is 3. The van der Waals surface area contributed by atoms with Crippen molar-refractivity contribution in [1.29, 1.82) is 0 Å². The Balaban J connectivity index is 2.69. The molecule has 0 fully saturated rings. The number of hydrogen-bond acceptors (Lipinski definition) is 4. The molecule has 4 heteroatoms. The Morgan fingerprint density at radius 3 is 2.00 bits per heavy atom. The first-order valence-electron chi connectivity index (χ1n) is 8.93. The van der Waals surface area contributed by atoms with Crippen LogP contribution < -0.4 is 4.74 Å². The van der Waals surface area contributed by atoms with E-state index in [1.54, 1.807) is 26.4 Å². The Kier molecular flexibility index (Phi) is 5.33. The van der Waals surface area contributed by atoms with Gasteiger partial charge in [-0.2, -0.15) is 0 Å². The maximum Gasteiger partial charge on any atom is 0.197 e. The van der Waals surface area contributed by atoms with Crippen molar-refractivity contribution in [1.82, 2.24) is 0 Å². The molecule has 1 aliphatic rings. The molecular formula is C22H32O4. The molecule has 144 valence electrons. The van der Waals surface area contributed by atoms with Crippen LogP contribution >= 0.6 is 0 Å². The molecular weight excluding hydrogens is 328 g/mol. The monoisotopic (exact) mass is 360 g/mol. The molecule has 0 saturated carbocycles. The Morgan fingerprint density at radius 1 is 0.923 bits per heavy atom. The van der Waals surface area contributed by atoms with Crippen LogP contribution in [0.15, 0.2) is 36.1 Å². The van der Waals surface area contributed by atoms with Crippen molar-refractivity contribution in [2.24, 2.45) is 11.3 Å². The van der Waals surface area contributed by atoms with Gasteiger partial charge in [0, 0.05) is 11.5 Å². The second-order valence-corrected chi connectivity index (χ2v) is 9.10. The van der Waals surface area contributed by atoms with E-state index in [1.807, 2.05) is 39.0 Å². The molecule has 0 saturated heterocycles. The zero-order chi connectivity index (χ0) is 19.9. The zero-order valence-electron chi connectivity index (χ0n) is 17.2. The zero-order valence-corrected chi connectivity index (χ0v) is 17.2. The van der Waals surface area contributed by atoms with E-state index in [-0.39, 0.29) is 10.8 Å². The lowest BCUT2D eigenvalue weighted by molar-refractivity contribution is -0.162. The van der Waals surface area contributed by atoms with Gasteiger partial charge in [-0.1, -0.05) is 47.6 Å². The minimum atomic E-state index is -2.01. The van der Waals surface area contributed by atoms with Gasteiger partial charge in [-0.3, -0.25) is 0 Å². The van der Waals surface area contributed by atoms with Crippen LogP contribution in [0.25, 0.3) is 5.57 Å². The third-order valence-corrected chi connectivity index (χ3v) is 4.94. The minimum Gasteiger partial charge on any atom is -0.497 e. The average molecular weight is 360 g/mol. The van der Waals surface area contributed by atoms with Gasteiger partial charge < -0.3 is 19.7 Å². The molecule has 1 atom stereocenters. The molecule has 26 heavy (non-hydrogen) atoms. The Hall–Kier alpha value is -1.78. The van der Waals surface area contributed by atoms with E-state index in [9.17, 15) is 10.2 Å². The van der Waals surface area contributed by atoms with Gasteiger partial charge in [-0.25, -0.2) is 0 Å². The van der Waals surface area contributed by atoms with E-state index in [2.05, 4.69) is 20.8 Å². The van der Waals surface area contributed by atoms with Crippen molar-refractivity contribution in [3.8, 4) is 5.75 Å². The Bertz CT molecular complexity index is 727. The quantitative estimate of drug-likeness (QED) is 0.791. The number of benzene rings is 1. The fourth-order valence-electron chi connectivity index (χ4n) is 3.33. The number of allylic oxidation sites excluding steroid dienone is 1. The summed E-state index contributed by atoms with van der Waals surface area (Å²) < 4.78 is 10.9. The third kappa shape index (κ3) is 3.97. The maximum atomic E-state index is 11.1. The number of methoxy groups -OCH3 is 2. The van der Waals surface area contributed by atoms with E-state index in [0.29, 0.717) is 17.1 Å². The fourth-order valence-corrected chi connectivity index (χ4v) is 3.33. The number of aliphatic hydroxyl groups is 2. The summed E-state index contributed by atoms with van der Waals surface area (Å²) in [5.41, 5.74) is 1.73. The lowest BCUT2D eigenvalue weighted by atomic mass is 9.69. The fraction of sp³-hybridized carbons (Fsp3) is 0.545. The van der Waals surface area contributed by atoms with Gasteiger partial charge in [0.2, 0.25) is 0 Å².